The average molecular weight is 286 g/mol. The lowest BCUT2D eigenvalue weighted by atomic mass is 10.1. The van der Waals surface area contributed by atoms with Gasteiger partial charge in [-0.2, -0.15) is 15.0 Å². The summed E-state index contributed by atoms with van der Waals surface area (Å²) in [6.07, 6.45) is 2.23. The summed E-state index contributed by atoms with van der Waals surface area (Å²) in [6, 6.07) is 10.3. The highest BCUT2D eigenvalue weighted by atomic mass is 15.5. The lowest BCUT2D eigenvalue weighted by Crippen LogP contribution is -2.17. The molecule has 4 nitrogen and oxygen atoms in total. The Morgan fingerprint density at radius 2 is 1.90 bits per heavy atom. The maximum atomic E-state index is 4.65. The third-order valence-electron chi connectivity index (χ3n) is 3.39. The first kappa shape index (κ1) is 15.7. The van der Waals surface area contributed by atoms with E-state index < -0.39 is 0 Å². The van der Waals surface area contributed by atoms with Gasteiger partial charge in [0.2, 0.25) is 0 Å². The van der Waals surface area contributed by atoms with Crippen molar-refractivity contribution >= 4 is 0 Å². The van der Waals surface area contributed by atoms with Gasteiger partial charge in [-0.1, -0.05) is 51.1 Å². The zero-order valence-corrected chi connectivity index (χ0v) is 13.3. The largest absolute Gasteiger partial charge is 0.311 e. The molecule has 2 aromatic rings. The van der Waals surface area contributed by atoms with Crippen LogP contribution >= 0.6 is 0 Å². The lowest BCUT2D eigenvalue weighted by Gasteiger charge is -2.06. The third kappa shape index (κ3) is 4.67. The fraction of sp³-hybridized carbons (Fsp3) is 0.529. The van der Waals surface area contributed by atoms with Crippen LogP contribution in [0.25, 0.3) is 11.3 Å². The summed E-state index contributed by atoms with van der Waals surface area (Å²) in [5.74, 6) is 0.724. The van der Waals surface area contributed by atoms with Crippen molar-refractivity contribution in [3.05, 3.63) is 36.0 Å². The number of nitrogens with zero attached hydrogens (tertiary/aromatic N) is 3. The Morgan fingerprint density at radius 3 is 2.57 bits per heavy atom. The van der Waals surface area contributed by atoms with Crippen LogP contribution in [0, 0.1) is 5.92 Å². The minimum Gasteiger partial charge on any atom is -0.311 e. The second-order valence-corrected chi connectivity index (χ2v) is 5.82. The Labute approximate surface area is 127 Å². The van der Waals surface area contributed by atoms with Gasteiger partial charge in [0, 0.05) is 12.1 Å². The van der Waals surface area contributed by atoms with Crippen LogP contribution in [-0.4, -0.2) is 21.5 Å². The first-order chi connectivity index (χ1) is 10.2. The average Bonchev–Trinajstić information content (AvgIpc) is 2.88. The molecule has 0 aliphatic rings. The standard InChI is InChI=1S/C17H26N4/c1-4-12-21-19-16(13-18-11-10-14(2)3)17(20-21)15-8-6-5-7-9-15/h5-9,14,18H,4,10-13H2,1-3H3. The number of nitrogens with one attached hydrogen (secondary N) is 1. The summed E-state index contributed by atoms with van der Waals surface area (Å²) in [7, 11) is 0. The van der Waals surface area contributed by atoms with Crippen LogP contribution in [0.3, 0.4) is 0 Å². The molecule has 0 unspecified atom stereocenters. The highest BCUT2D eigenvalue weighted by Crippen LogP contribution is 2.20. The smallest absolute Gasteiger partial charge is 0.117 e. The van der Waals surface area contributed by atoms with E-state index in [1.807, 2.05) is 23.0 Å². The summed E-state index contributed by atoms with van der Waals surface area (Å²) < 4.78 is 0. The molecule has 1 heterocycles. The molecule has 1 aromatic carbocycles. The molecule has 2 rings (SSSR count). The van der Waals surface area contributed by atoms with Crippen molar-refractivity contribution in [2.45, 2.75) is 46.7 Å². The Bertz CT molecular complexity index is 531. The number of rotatable bonds is 8. The van der Waals surface area contributed by atoms with E-state index in [4.69, 9.17) is 0 Å². The number of aryl methyl sites for hydroxylation is 1. The van der Waals surface area contributed by atoms with E-state index in [2.05, 4.69) is 48.4 Å². The second kappa shape index (κ2) is 7.93. The first-order valence-corrected chi connectivity index (χ1v) is 7.90. The molecular formula is C17H26N4. The van der Waals surface area contributed by atoms with Crippen LogP contribution in [0.15, 0.2) is 30.3 Å². The van der Waals surface area contributed by atoms with Crippen molar-refractivity contribution < 1.29 is 0 Å². The van der Waals surface area contributed by atoms with E-state index in [-0.39, 0.29) is 0 Å². The summed E-state index contributed by atoms with van der Waals surface area (Å²) in [5.41, 5.74) is 3.18. The molecule has 21 heavy (non-hydrogen) atoms. The van der Waals surface area contributed by atoms with E-state index in [0.717, 1.165) is 48.9 Å². The van der Waals surface area contributed by atoms with E-state index in [9.17, 15) is 0 Å². The normalized spacial score (nSPS) is 11.2. The predicted octanol–water partition coefficient (Wildman–Crippen LogP) is 3.49. The van der Waals surface area contributed by atoms with Gasteiger partial charge in [0.05, 0.1) is 6.54 Å². The molecule has 0 aliphatic heterocycles. The summed E-state index contributed by atoms with van der Waals surface area (Å²) in [4.78, 5) is 1.82. The maximum Gasteiger partial charge on any atom is 0.117 e. The van der Waals surface area contributed by atoms with Crippen LogP contribution in [0.1, 0.15) is 39.3 Å². The van der Waals surface area contributed by atoms with Gasteiger partial charge in [0.1, 0.15) is 11.4 Å². The van der Waals surface area contributed by atoms with E-state index >= 15 is 0 Å². The number of aromatic nitrogens is 3. The fourth-order valence-corrected chi connectivity index (χ4v) is 2.22. The second-order valence-electron chi connectivity index (χ2n) is 5.82. The number of benzene rings is 1. The molecule has 4 heteroatoms. The maximum absolute atomic E-state index is 4.65. The van der Waals surface area contributed by atoms with Gasteiger partial charge < -0.3 is 5.32 Å². The predicted molar refractivity (Wildman–Crippen MR) is 86.9 cm³/mol. The summed E-state index contributed by atoms with van der Waals surface area (Å²) >= 11 is 0. The molecule has 1 aromatic heterocycles. The number of hydrogen-bond donors (Lipinski definition) is 1. The monoisotopic (exact) mass is 286 g/mol. The molecule has 0 bridgehead atoms. The minimum atomic E-state index is 0.724. The van der Waals surface area contributed by atoms with Gasteiger partial charge in [-0.25, -0.2) is 0 Å². The molecule has 0 atom stereocenters. The lowest BCUT2D eigenvalue weighted by molar-refractivity contribution is 0.511. The van der Waals surface area contributed by atoms with Gasteiger partial charge in [0.25, 0.3) is 0 Å². The Balaban J connectivity index is 2.10. The van der Waals surface area contributed by atoms with Crippen molar-refractivity contribution in [3.8, 4) is 11.3 Å². The molecular weight excluding hydrogens is 260 g/mol. The van der Waals surface area contributed by atoms with E-state index in [1.54, 1.807) is 0 Å². The van der Waals surface area contributed by atoms with Crippen molar-refractivity contribution in [1.82, 2.24) is 20.3 Å². The van der Waals surface area contributed by atoms with Crippen LogP contribution in [0.4, 0.5) is 0 Å². The van der Waals surface area contributed by atoms with Crippen LogP contribution in [0.5, 0.6) is 0 Å². The molecule has 1 N–H and O–H groups in total. The molecule has 0 amide bonds. The Hall–Kier alpha value is -1.68. The van der Waals surface area contributed by atoms with Gasteiger partial charge in [-0.15, -0.1) is 0 Å². The SMILES string of the molecule is CCCn1nc(CNCCC(C)C)c(-c2ccccc2)n1. The van der Waals surface area contributed by atoms with E-state index in [1.165, 1.54) is 6.42 Å². The highest BCUT2D eigenvalue weighted by Gasteiger charge is 2.12. The van der Waals surface area contributed by atoms with Gasteiger partial charge >= 0.3 is 0 Å². The topological polar surface area (TPSA) is 42.7 Å². The Morgan fingerprint density at radius 1 is 1.14 bits per heavy atom. The van der Waals surface area contributed by atoms with Crippen molar-refractivity contribution in [3.63, 3.8) is 0 Å². The van der Waals surface area contributed by atoms with Crippen LogP contribution < -0.4 is 5.32 Å². The van der Waals surface area contributed by atoms with Gasteiger partial charge in [0.15, 0.2) is 0 Å². The summed E-state index contributed by atoms with van der Waals surface area (Å²) in [6.45, 7) is 9.30. The van der Waals surface area contributed by atoms with Gasteiger partial charge in [-0.3, -0.25) is 0 Å². The molecule has 0 fully saturated rings. The van der Waals surface area contributed by atoms with Crippen molar-refractivity contribution in [1.29, 1.82) is 0 Å². The molecule has 0 saturated carbocycles. The van der Waals surface area contributed by atoms with Crippen molar-refractivity contribution in [2.24, 2.45) is 5.92 Å². The van der Waals surface area contributed by atoms with Gasteiger partial charge in [-0.05, 0) is 25.3 Å². The fourth-order valence-electron chi connectivity index (χ4n) is 2.22. The Kier molecular flexibility index (Phi) is 5.93. The summed E-state index contributed by atoms with van der Waals surface area (Å²) in [5, 5.41) is 12.8. The van der Waals surface area contributed by atoms with E-state index in [0.29, 0.717) is 0 Å². The third-order valence-corrected chi connectivity index (χ3v) is 3.39. The van der Waals surface area contributed by atoms with Crippen molar-refractivity contribution in [2.75, 3.05) is 6.54 Å². The minimum absolute atomic E-state index is 0.724. The highest BCUT2D eigenvalue weighted by molar-refractivity contribution is 5.60. The molecule has 0 spiro atoms. The zero-order valence-electron chi connectivity index (χ0n) is 13.3. The molecule has 0 aliphatic carbocycles. The quantitative estimate of drug-likeness (QED) is 0.755. The number of hydrogen-bond acceptors (Lipinski definition) is 3. The zero-order chi connectivity index (χ0) is 15.1. The van der Waals surface area contributed by atoms with Crippen LogP contribution in [-0.2, 0) is 13.1 Å². The van der Waals surface area contributed by atoms with Crippen LogP contribution in [0.2, 0.25) is 0 Å². The molecule has 0 radical (unpaired) electrons. The molecule has 0 saturated heterocycles. The molecule has 114 valence electrons. The first-order valence-electron chi connectivity index (χ1n) is 7.90.